The maximum Gasteiger partial charge on any atom is -0.00160 e. The number of hydrogen-bond donors (Lipinski definition) is 0. The zero-order valence-corrected chi connectivity index (χ0v) is 12.0. The van der Waals surface area contributed by atoms with E-state index in [0.717, 1.165) is 23.7 Å². The van der Waals surface area contributed by atoms with Gasteiger partial charge in [-0.15, -0.1) is 0 Å². The molecule has 0 bridgehead atoms. The third-order valence-electron chi connectivity index (χ3n) is 4.26. The monoisotopic (exact) mass is 225 g/mol. The van der Waals surface area contributed by atoms with E-state index in [1.54, 1.807) is 0 Å². The fourth-order valence-corrected chi connectivity index (χ4v) is 3.74. The van der Waals surface area contributed by atoms with Crippen molar-refractivity contribution in [3.63, 3.8) is 0 Å². The van der Waals surface area contributed by atoms with E-state index >= 15 is 0 Å². The first kappa shape index (κ1) is 14.0. The molecule has 0 spiro atoms. The van der Waals surface area contributed by atoms with Gasteiger partial charge in [0.05, 0.1) is 0 Å². The number of nitrogens with zero attached hydrogens (tertiary/aromatic N) is 1. The molecule has 0 radical (unpaired) electrons. The summed E-state index contributed by atoms with van der Waals surface area (Å²) in [6.07, 6.45) is 4.17. The maximum absolute atomic E-state index is 2.65. The summed E-state index contributed by atoms with van der Waals surface area (Å²) >= 11 is 0. The molecule has 0 amide bonds. The normalized spacial score (nSPS) is 20.2. The first-order valence-electron chi connectivity index (χ1n) is 7.28. The van der Waals surface area contributed by atoms with Crippen molar-refractivity contribution in [2.45, 2.75) is 53.9 Å². The minimum absolute atomic E-state index is 0.850. The van der Waals surface area contributed by atoms with Gasteiger partial charge in [0, 0.05) is 0 Å². The van der Waals surface area contributed by atoms with Crippen LogP contribution in [0.4, 0.5) is 0 Å². The fourth-order valence-electron chi connectivity index (χ4n) is 3.74. The van der Waals surface area contributed by atoms with Crippen molar-refractivity contribution in [3.8, 4) is 0 Å². The van der Waals surface area contributed by atoms with E-state index in [-0.39, 0.29) is 0 Å². The van der Waals surface area contributed by atoms with E-state index in [2.05, 4.69) is 39.5 Å². The molecule has 0 atom stereocenters. The summed E-state index contributed by atoms with van der Waals surface area (Å²) in [6.45, 7) is 15.9. The molecular formula is C15H31N. The van der Waals surface area contributed by atoms with Crippen LogP contribution >= 0.6 is 0 Å². The minimum Gasteiger partial charge on any atom is -0.303 e. The van der Waals surface area contributed by atoms with E-state index in [1.807, 2.05) is 0 Å². The topological polar surface area (TPSA) is 3.24 Å². The van der Waals surface area contributed by atoms with Crippen molar-refractivity contribution >= 4 is 0 Å². The zero-order chi connectivity index (χ0) is 12.1. The molecule has 1 rings (SSSR count). The standard InChI is InChI=1S/C15H31N/c1-6-9-16-10-7-14(8-11-16)15(12(2)3)13(4)5/h12-15H,6-11H2,1-5H3. The molecule has 0 aromatic carbocycles. The molecule has 0 saturated carbocycles. The smallest absolute Gasteiger partial charge is 0.00160 e. The SMILES string of the molecule is CCCN1CCC(C(C(C)C)C(C)C)CC1. The minimum atomic E-state index is 0.850. The second kappa shape index (κ2) is 6.64. The molecule has 0 aliphatic carbocycles. The Morgan fingerprint density at radius 3 is 1.88 bits per heavy atom. The van der Waals surface area contributed by atoms with Crippen LogP contribution in [0.3, 0.4) is 0 Å². The van der Waals surface area contributed by atoms with Crippen molar-refractivity contribution in [3.05, 3.63) is 0 Å². The van der Waals surface area contributed by atoms with E-state index in [0.29, 0.717) is 0 Å². The molecule has 1 nitrogen and oxygen atoms in total. The van der Waals surface area contributed by atoms with Crippen molar-refractivity contribution in [2.24, 2.45) is 23.7 Å². The number of hydrogen-bond acceptors (Lipinski definition) is 1. The highest BCUT2D eigenvalue weighted by Gasteiger charge is 2.30. The Kier molecular flexibility index (Phi) is 5.82. The molecule has 1 saturated heterocycles. The Hall–Kier alpha value is -0.0400. The predicted octanol–water partition coefficient (Wildman–Crippen LogP) is 4.04. The number of piperidine rings is 1. The first-order chi connectivity index (χ1) is 7.56. The summed E-state index contributed by atoms with van der Waals surface area (Å²) < 4.78 is 0. The average Bonchev–Trinajstić information content (AvgIpc) is 2.20. The Labute approximate surface area is 103 Å². The molecule has 16 heavy (non-hydrogen) atoms. The Morgan fingerprint density at radius 1 is 1.00 bits per heavy atom. The van der Waals surface area contributed by atoms with E-state index < -0.39 is 0 Å². The van der Waals surface area contributed by atoms with Gasteiger partial charge in [-0.05, 0) is 62.6 Å². The van der Waals surface area contributed by atoms with Gasteiger partial charge in [-0.2, -0.15) is 0 Å². The van der Waals surface area contributed by atoms with Gasteiger partial charge in [-0.3, -0.25) is 0 Å². The lowest BCUT2D eigenvalue weighted by atomic mass is 9.72. The number of rotatable bonds is 5. The van der Waals surface area contributed by atoms with Gasteiger partial charge in [0.15, 0.2) is 0 Å². The Balaban J connectivity index is 2.44. The van der Waals surface area contributed by atoms with Crippen LogP contribution in [0.15, 0.2) is 0 Å². The van der Waals surface area contributed by atoms with Gasteiger partial charge in [0.25, 0.3) is 0 Å². The largest absolute Gasteiger partial charge is 0.303 e. The van der Waals surface area contributed by atoms with Crippen molar-refractivity contribution < 1.29 is 0 Å². The highest BCUT2D eigenvalue weighted by molar-refractivity contribution is 4.81. The van der Waals surface area contributed by atoms with Gasteiger partial charge < -0.3 is 4.90 Å². The number of likely N-dealkylation sites (tertiary alicyclic amines) is 1. The molecular weight excluding hydrogens is 194 g/mol. The molecule has 0 aromatic rings. The van der Waals surface area contributed by atoms with Crippen LogP contribution in [-0.2, 0) is 0 Å². The van der Waals surface area contributed by atoms with Crippen molar-refractivity contribution in [1.29, 1.82) is 0 Å². The average molecular weight is 225 g/mol. The molecule has 1 heterocycles. The second-order valence-corrected chi connectivity index (χ2v) is 6.24. The van der Waals surface area contributed by atoms with Crippen LogP contribution in [0.5, 0.6) is 0 Å². The van der Waals surface area contributed by atoms with E-state index in [4.69, 9.17) is 0 Å². The molecule has 1 aliphatic rings. The third-order valence-corrected chi connectivity index (χ3v) is 4.26. The third kappa shape index (κ3) is 3.76. The lowest BCUT2D eigenvalue weighted by Crippen LogP contribution is -2.38. The summed E-state index contributed by atoms with van der Waals surface area (Å²) in [6, 6.07) is 0. The molecule has 96 valence electrons. The predicted molar refractivity (Wildman–Crippen MR) is 72.6 cm³/mol. The summed E-state index contributed by atoms with van der Waals surface area (Å²) in [4.78, 5) is 2.65. The molecule has 1 fully saturated rings. The van der Waals surface area contributed by atoms with Gasteiger partial charge >= 0.3 is 0 Å². The van der Waals surface area contributed by atoms with Gasteiger partial charge in [-0.25, -0.2) is 0 Å². The van der Waals surface area contributed by atoms with Crippen LogP contribution in [0.25, 0.3) is 0 Å². The van der Waals surface area contributed by atoms with Crippen molar-refractivity contribution in [1.82, 2.24) is 4.90 Å². The van der Waals surface area contributed by atoms with Gasteiger partial charge in [-0.1, -0.05) is 34.6 Å². The Bertz CT molecular complexity index is 170. The first-order valence-corrected chi connectivity index (χ1v) is 7.28. The highest BCUT2D eigenvalue weighted by atomic mass is 15.1. The van der Waals surface area contributed by atoms with Crippen LogP contribution in [-0.4, -0.2) is 24.5 Å². The fraction of sp³-hybridized carbons (Fsp3) is 1.00. The van der Waals surface area contributed by atoms with Crippen LogP contribution in [0.1, 0.15) is 53.9 Å². The second-order valence-electron chi connectivity index (χ2n) is 6.24. The van der Waals surface area contributed by atoms with E-state index in [9.17, 15) is 0 Å². The lowest BCUT2D eigenvalue weighted by molar-refractivity contribution is 0.0983. The summed E-state index contributed by atoms with van der Waals surface area (Å²) in [7, 11) is 0. The molecule has 0 unspecified atom stereocenters. The summed E-state index contributed by atoms with van der Waals surface area (Å²) in [5.74, 6) is 3.61. The van der Waals surface area contributed by atoms with Crippen LogP contribution in [0, 0.1) is 23.7 Å². The summed E-state index contributed by atoms with van der Waals surface area (Å²) in [5.41, 5.74) is 0. The molecule has 1 heteroatoms. The molecule has 0 N–H and O–H groups in total. The van der Waals surface area contributed by atoms with Crippen LogP contribution in [0.2, 0.25) is 0 Å². The lowest BCUT2D eigenvalue weighted by Gasteiger charge is -2.39. The molecule has 0 aromatic heterocycles. The zero-order valence-electron chi connectivity index (χ0n) is 12.0. The summed E-state index contributed by atoms with van der Waals surface area (Å²) in [5, 5.41) is 0. The van der Waals surface area contributed by atoms with Gasteiger partial charge in [0.2, 0.25) is 0 Å². The van der Waals surface area contributed by atoms with Crippen LogP contribution < -0.4 is 0 Å². The Morgan fingerprint density at radius 2 is 1.50 bits per heavy atom. The quantitative estimate of drug-likeness (QED) is 0.682. The van der Waals surface area contributed by atoms with Gasteiger partial charge in [0.1, 0.15) is 0 Å². The maximum atomic E-state index is 2.65. The molecule has 1 aliphatic heterocycles. The van der Waals surface area contributed by atoms with Crippen molar-refractivity contribution in [2.75, 3.05) is 19.6 Å². The highest BCUT2D eigenvalue weighted by Crippen LogP contribution is 2.35. The van der Waals surface area contributed by atoms with E-state index in [1.165, 1.54) is 38.9 Å².